The second-order valence-corrected chi connectivity index (χ2v) is 2.07. The molecule has 4 nitrogen and oxygen atoms in total. The Balaban J connectivity index is 3.22. The van der Waals surface area contributed by atoms with Crippen LogP contribution in [0.15, 0.2) is 23.3 Å². The van der Waals surface area contributed by atoms with Crippen LogP contribution in [0.1, 0.15) is 0 Å². The van der Waals surface area contributed by atoms with Crippen LogP contribution in [0, 0.1) is 22.7 Å². The van der Waals surface area contributed by atoms with E-state index in [1.54, 1.807) is 12.1 Å². The quantitative estimate of drug-likeness (QED) is 0.368. The first-order valence-electron chi connectivity index (χ1n) is 3.01. The summed E-state index contributed by atoms with van der Waals surface area (Å²) >= 11 is 0. The molecule has 0 radical (unpaired) electrons. The third-order valence-corrected chi connectivity index (χ3v) is 1.32. The largest absolute Gasteiger partial charge is 0.286 e. The maximum Gasteiger partial charge on any atom is 0.227 e. The van der Waals surface area contributed by atoms with Crippen LogP contribution in [0.2, 0.25) is 0 Å². The molecule has 0 amide bonds. The van der Waals surface area contributed by atoms with Crippen LogP contribution in [-0.4, -0.2) is 11.6 Å². The van der Waals surface area contributed by atoms with E-state index >= 15 is 0 Å². The number of carbonyl (C=O) groups excluding carboxylic acids is 2. The van der Waals surface area contributed by atoms with Crippen LogP contribution in [0.4, 0.5) is 0 Å². The lowest BCUT2D eigenvalue weighted by molar-refractivity contribution is -0.131. The molecule has 0 N–H and O–H groups in total. The van der Waals surface area contributed by atoms with E-state index < -0.39 is 11.6 Å². The van der Waals surface area contributed by atoms with Crippen molar-refractivity contribution >= 4 is 11.6 Å². The lowest BCUT2D eigenvalue weighted by Crippen LogP contribution is -2.13. The molecule has 0 aromatic carbocycles. The first kappa shape index (κ1) is 7.90. The van der Waals surface area contributed by atoms with E-state index in [9.17, 15) is 9.59 Å². The van der Waals surface area contributed by atoms with Gasteiger partial charge in [0.25, 0.3) is 0 Å². The van der Waals surface area contributed by atoms with E-state index in [2.05, 4.69) is 0 Å². The molecule has 0 saturated heterocycles. The molecule has 0 atom stereocenters. The molecule has 12 heavy (non-hydrogen) atoms. The van der Waals surface area contributed by atoms with Gasteiger partial charge < -0.3 is 0 Å². The predicted molar refractivity (Wildman–Crippen MR) is 37.4 cm³/mol. The van der Waals surface area contributed by atoms with Gasteiger partial charge >= 0.3 is 0 Å². The number of nitrogens with zero attached hydrogens (tertiary/aromatic N) is 2. The van der Waals surface area contributed by atoms with E-state index in [4.69, 9.17) is 10.5 Å². The zero-order valence-corrected chi connectivity index (χ0v) is 5.87. The van der Waals surface area contributed by atoms with Crippen molar-refractivity contribution in [3.05, 3.63) is 23.3 Å². The maximum absolute atomic E-state index is 10.7. The molecule has 1 aliphatic rings. The van der Waals surface area contributed by atoms with E-state index in [-0.39, 0.29) is 11.1 Å². The Morgan fingerprint density at radius 1 is 0.917 bits per heavy atom. The minimum Gasteiger partial charge on any atom is -0.286 e. The summed E-state index contributed by atoms with van der Waals surface area (Å²) in [6, 6.07) is 3.31. The number of allylic oxidation sites excluding steroid dienone is 4. The van der Waals surface area contributed by atoms with Crippen LogP contribution >= 0.6 is 0 Å². The number of nitriles is 2. The van der Waals surface area contributed by atoms with Crippen molar-refractivity contribution < 1.29 is 9.59 Å². The van der Waals surface area contributed by atoms with Crippen molar-refractivity contribution in [1.82, 2.24) is 0 Å². The topological polar surface area (TPSA) is 81.7 Å². The summed E-state index contributed by atoms with van der Waals surface area (Å²) in [6.07, 6.45) is 1.75. The van der Waals surface area contributed by atoms with E-state index in [1.165, 1.54) is 0 Å². The molecular weight excluding hydrogens is 156 g/mol. The maximum atomic E-state index is 10.7. The van der Waals surface area contributed by atoms with Crippen LogP contribution in [0.3, 0.4) is 0 Å². The Morgan fingerprint density at radius 3 is 1.50 bits per heavy atom. The fourth-order valence-electron chi connectivity index (χ4n) is 0.745. The van der Waals surface area contributed by atoms with E-state index in [1.807, 2.05) is 0 Å². The zero-order valence-electron chi connectivity index (χ0n) is 5.87. The van der Waals surface area contributed by atoms with Crippen LogP contribution in [-0.2, 0) is 9.59 Å². The van der Waals surface area contributed by atoms with Crippen molar-refractivity contribution in [2.75, 3.05) is 0 Å². The standard InChI is InChI=1S/C8H2N2O2/c9-3-5-1-7(11)8(12)2-6(5)4-10/h1-2H. The second kappa shape index (κ2) is 2.81. The lowest BCUT2D eigenvalue weighted by Gasteiger charge is -1.99. The highest BCUT2D eigenvalue weighted by Gasteiger charge is 2.19. The summed E-state index contributed by atoms with van der Waals surface area (Å²) in [5.41, 5.74) is -0.107. The Hall–Kier alpha value is -2.20. The molecule has 0 saturated carbocycles. The van der Waals surface area contributed by atoms with Crippen molar-refractivity contribution in [1.29, 1.82) is 10.5 Å². The summed E-state index contributed by atoms with van der Waals surface area (Å²) < 4.78 is 0. The van der Waals surface area contributed by atoms with Crippen LogP contribution < -0.4 is 0 Å². The minimum absolute atomic E-state index is 0.0536. The molecule has 0 aromatic rings. The SMILES string of the molecule is N#CC1=CC(=O)C(=O)C=C1C#N. The van der Waals surface area contributed by atoms with Gasteiger partial charge in [-0.25, -0.2) is 0 Å². The molecule has 0 heterocycles. The van der Waals surface area contributed by atoms with Gasteiger partial charge in [-0.2, -0.15) is 10.5 Å². The van der Waals surface area contributed by atoms with E-state index in [0.29, 0.717) is 0 Å². The van der Waals surface area contributed by atoms with Gasteiger partial charge in [0, 0.05) is 12.2 Å². The third-order valence-electron chi connectivity index (χ3n) is 1.32. The van der Waals surface area contributed by atoms with Gasteiger partial charge in [-0.05, 0) is 0 Å². The first-order valence-corrected chi connectivity index (χ1v) is 3.01. The highest BCUT2D eigenvalue weighted by atomic mass is 16.2. The van der Waals surface area contributed by atoms with Crippen molar-refractivity contribution in [3.63, 3.8) is 0 Å². The van der Waals surface area contributed by atoms with Gasteiger partial charge in [-0.1, -0.05) is 0 Å². The lowest BCUT2D eigenvalue weighted by atomic mass is 9.98. The molecule has 0 unspecified atom stereocenters. The molecule has 0 bridgehead atoms. The third kappa shape index (κ3) is 1.14. The molecule has 1 rings (SSSR count). The molecule has 56 valence electrons. The Kier molecular flexibility index (Phi) is 1.85. The average molecular weight is 158 g/mol. The van der Waals surface area contributed by atoms with Crippen LogP contribution in [0.5, 0.6) is 0 Å². The summed E-state index contributed by atoms with van der Waals surface area (Å²) in [5, 5.41) is 16.8. The first-order chi connectivity index (χ1) is 5.69. The van der Waals surface area contributed by atoms with Gasteiger partial charge in [-0.15, -0.1) is 0 Å². The molecule has 0 aliphatic heterocycles. The average Bonchev–Trinajstić information content (AvgIpc) is 2.09. The van der Waals surface area contributed by atoms with Gasteiger partial charge in [-0.3, -0.25) is 9.59 Å². The van der Waals surface area contributed by atoms with Gasteiger partial charge in [0.2, 0.25) is 11.6 Å². The number of hydrogen-bond acceptors (Lipinski definition) is 4. The minimum atomic E-state index is -0.759. The fourth-order valence-corrected chi connectivity index (χ4v) is 0.745. The second-order valence-electron chi connectivity index (χ2n) is 2.07. The molecule has 0 spiro atoms. The van der Waals surface area contributed by atoms with Crippen molar-refractivity contribution in [2.45, 2.75) is 0 Å². The zero-order chi connectivity index (χ0) is 9.14. The Labute approximate surface area is 68.0 Å². The summed E-state index contributed by atoms with van der Waals surface area (Å²) in [7, 11) is 0. The molecule has 0 aromatic heterocycles. The number of rotatable bonds is 0. The smallest absolute Gasteiger partial charge is 0.227 e. The number of hydrogen-bond donors (Lipinski definition) is 0. The van der Waals surface area contributed by atoms with Crippen molar-refractivity contribution in [2.24, 2.45) is 0 Å². The number of ketones is 2. The van der Waals surface area contributed by atoms with Crippen LogP contribution in [0.25, 0.3) is 0 Å². The van der Waals surface area contributed by atoms with Crippen molar-refractivity contribution in [3.8, 4) is 12.1 Å². The molecule has 1 aliphatic carbocycles. The number of carbonyl (C=O) groups is 2. The molecule has 4 heteroatoms. The fraction of sp³-hybridized carbons (Fsp3) is 0. The molecular formula is C8H2N2O2. The Bertz CT molecular complexity index is 362. The van der Waals surface area contributed by atoms with Gasteiger partial charge in [0.05, 0.1) is 11.1 Å². The highest BCUT2D eigenvalue weighted by Crippen LogP contribution is 2.12. The summed E-state index contributed by atoms with van der Waals surface area (Å²) in [5.74, 6) is -1.52. The Morgan fingerprint density at radius 2 is 1.25 bits per heavy atom. The van der Waals surface area contributed by atoms with Gasteiger partial charge in [0.1, 0.15) is 12.1 Å². The summed E-state index contributed by atoms with van der Waals surface area (Å²) in [4.78, 5) is 21.4. The highest BCUT2D eigenvalue weighted by molar-refractivity contribution is 6.47. The molecule has 0 fully saturated rings. The van der Waals surface area contributed by atoms with E-state index in [0.717, 1.165) is 12.2 Å². The monoisotopic (exact) mass is 158 g/mol. The van der Waals surface area contributed by atoms with Gasteiger partial charge in [0.15, 0.2) is 0 Å². The summed E-state index contributed by atoms with van der Waals surface area (Å²) in [6.45, 7) is 0. The predicted octanol–water partition coefficient (Wildman–Crippen LogP) is 0.0382. The normalized spacial score (nSPS) is 15.8.